The molecule has 6 rings (SSSR count). The number of thiol groups is 2. The summed E-state index contributed by atoms with van der Waals surface area (Å²) in [5, 5.41) is 0. The largest absolute Gasteiger partial charge is 0.386 e. The van der Waals surface area contributed by atoms with Crippen LogP contribution in [-0.2, 0) is 36.7 Å². The quantitative estimate of drug-likeness (QED) is 0.130. The molecule has 0 radical (unpaired) electrons. The van der Waals surface area contributed by atoms with Crippen LogP contribution in [0, 0.1) is 0 Å². The molecule has 4 N–H and O–H groups in total. The highest BCUT2D eigenvalue weighted by atomic mass is 32.7. The van der Waals surface area contributed by atoms with Gasteiger partial charge in [-0.25, -0.2) is 47.8 Å². The monoisotopic (exact) mass is 710 g/mol. The van der Waals surface area contributed by atoms with Crippen LogP contribution in [0.4, 0.5) is 20.4 Å². The molecule has 0 spiro atoms. The molecule has 0 amide bonds. The van der Waals surface area contributed by atoms with Gasteiger partial charge < -0.3 is 25.5 Å². The average Bonchev–Trinajstić information content (AvgIpc) is 3.77. The van der Waals surface area contributed by atoms with Gasteiger partial charge in [0, 0.05) is 13.5 Å². The Labute approximate surface area is 262 Å². The van der Waals surface area contributed by atoms with E-state index in [0.717, 1.165) is 13.4 Å². The van der Waals surface area contributed by atoms with E-state index in [0.29, 0.717) is 0 Å². The summed E-state index contributed by atoms with van der Waals surface area (Å²) in [6, 6.07) is 0. The number of nitrogen functional groups attached to an aromatic ring is 2. The summed E-state index contributed by atoms with van der Waals surface area (Å²) in [5.41, 5.74) is 12.5. The van der Waals surface area contributed by atoms with Crippen LogP contribution in [0.15, 0.2) is 25.3 Å². The number of imidazole rings is 2. The fraction of sp³-hybridized carbons (Fsp3) is 0.524. The molecular weight excluding hydrogens is 684 g/mol. The fourth-order valence-electron chi connectivity index (χ4n) is 4.93. The van der Waals surface area contributed by atoms with Crippen molar-refractivity contribution in [2.24, 2.45) is 0 Å². The molecule has 4 aromatic rings. The maximum Gasteiger partial charge on any atom is 0.386 e. The van der Waals surface area contributed by atoms with E-state index in [1.807, 2.05) is 0 Å². The summed E-state index contributed by atoms with van der Waals surface area (Å²) in [4.78, 5) is 24.1. The molecule has 2 aliphatic rings. The van der Waals surface area contributed by atoms with Gasteiger partial charge in [-0.2, -0.15) is 0 Å². The standard InChI is InChI=1S/C21H26F2N10O8P2S2/c1-36-42(34,44)38-4-11-15(12(23)21(40-11)33-8-31-14-17(25)27-6-29-19(14)33)41-43(35,45)37-3-9-2-10(22)20(39-9)32-7-30-13-16(24)26-5-28-18(13)32/h5-12,15,20-21H,2-4H2,1H3,(H,34,44)(H,35,45)(H2,24,26,28)(H2,25,27,29)/t9-,10+,11+,12+,15+,20+,21+,42?,43?/m0/s1. The van der Waals surface area contributed by atoms with Crippen LogP contribution in [0.1, 0.15) is 18.9 Å². The lowest BCUT2D eigenvalue weighted by Crippen LogP contribution is -2.33. The van der Waals surface area contributed by atoms with Crippen LogP contribution >= 0.6 is 38.1 Å². The lowest BCUT2D eigenvalue weighted by molar-refractivity contribution is -0.0435. The van der Waals surface area contributed by atoms with Gasteiger partial charge in [0.25, 0.3) is 0 Å². The highest BCUT2D eigenvalue weighted by molar-refractivity contribution is 8.44. The van der Waals surface area contributed by atoms with E-state index >= 15 is 8.78 Å². The van der Waals surface area contributed by atoms with Gasteiger partial charge in [0.05, 0.1) is 32.0 Å². The first kappa shape index (κ1) is 32.4. The van der Waals surface area contributed by atoms with Gasteiger partial charge in [-0.15, -0.1) is 0 Å². The Bertz CT molecular complexity index is 1810. The molecule has 9 atom stereocenters. The minimum absolute atomic E-state index is 0.0507. The van der Waals surface area contributed by atoms with Gasteiger partial charge in [0.2, 0.25) is 0 Å². The molecule has 0 aromatic carbocycles. The third-order valence-electron chi connectivity index (χ3n) is 7.03. The van der Waals surface area contributed by atoms with Crippen molar-refractivity contribution in [3.05, 3.63) is 25.3 Å². The second-order valence-corrected chi connectivity index (χ2v) is 15.8. The fourth-order valence-corrected chi connectivity index (χ4v) is 7.07. The molecule has 0 aliphatic carbocycles. The molecular formula is C21H26F2N10O8P2S2. The van der Waals surface area contributed by atoms with Gasteiger partial charge in [-0.05, 0) is 0 Å². The molecule has 2 saturated heterocycles. The average molecular weight is 711 g/mol. The van der Waals surface area contributed by atoms with E-state index in [-0.39, 0.29) is 40.4 Å². The van der Waals surface area contributed by atoms with Gasteiger partial charge >= 0.3 is 13.6 Å². The van der Waals surface area contributed by atoms with Crippen molar-refractivity contribution in [2.45, 2.75) is 49.5 Å². The number of nitrogens with two attached hydrogens (primary N) is 2. The summed E-state index contributed by atoms with van der Waals surface area (Å²) < 4.78 is 91.6. The Balaban J connectivity index is 1.16. The maximum atomic E-state index is 16.0. The number of hydrogen-bond donors (Lipinski definition) is 4. The van der Waals surface area contributed by atoms with E-state index in [1.54, 1.807) is 0 Å². The topological polar surface area (TPSA) is 229 Å². The molecule has 4 aromatic heterocycles. The molecule has 2 fully saturated rings. The van der Waals surface area contributed by atoms with E-state index in [2.05, 4.69) is 54.4 Å². The minimum atomic E-state index is -4.37. The van der Waals surface area contributed by atoms with Gasteiger partial charge in [-0.3, -0.25) is 22.7 Å². The molecule has 2 aliphatic heterocycles. The number of anilines is 2. The molecule has 2 unspecified atom stereocenters. The SMILES string of the molecule is COP(=O)(S)OC[C@H]1O[C@@H](n2cnc3c(N)ncnc32)[C@H](F)[C@@H]1OP(=O)(S)OC[C@@H]1C[C@@H](F)[C@H](n2cnc3c(N)ncnc32)O1. The zero-order valence-corrected chi connectivity index (χ0v) is 26.6. The van der Waals surface area contributed by atoms with Crippen LogP contribution in [0.2, 0.25) is 0 Å². The number of fused-ring (bicyclic) bond motifs is 2. The van der Waals surface area contributed by atoms with Crippen molar-refractivity contribution < 1.29 is 45.5 Å². The third kappa shape index (κ3) is 6.53. The second-order valence-electron chi connectivity index (χ2n) is 9.86. The second kappa shape index (κ2) is 12.6. The predicted molar refractivity (Wildman–Crippen MR) is 159 cm³/mol. The Hall–Kier alpha value is -2.52. The van der Waals surface area contributed by atoms with Crippen molar-refractivity contribution in [3.8, 4) is 0 Å². The number of ether oxygens (including phenoxy) is 2. The normalized spacial score (nSPS) is 29.8. The maximum absolute atomic E-state index is 16.0. The van der Waals surface area contributed by atoms with Crippen LogP contribution in [0.5, 0.6) is 0 Å². The van der Waals surface area contributed by atoms with Gasteiger partial charge in [0.1, 0.15) is 42.1 Å². The predicted octanol–water partition coefficient (Wildman–Crippen LogP) is 2.83. The van der Waals surface area contributed by atoms with Crippen LogP contribution in [-0.4, -0.2) is 90.0 Å². The van der Waals surface area contributed by atoms with Crippen molar-refractivity contribution >= 4 is 72.1 Å². The Morgan fingerprint density at radius 1 is 0.889 bits per heavy atom. The number of halogens is 2. The number of hydrogen-bond acceptors (Lipinski definition) is 16. The zero-order chi connectivity index (χ0) is 32.1. The van der Waals surface area contributed by atoms with Gasteiger partial charge in [0.15, 0.2) is 41.6 Å². The molecule has 45 heavy (non-hydrogen) atoms. The lowest BCUT2D eigenvalue weighted by Gasteiger charge is -2.24. The number of alkyl halides is 2. The third-order valence-corrected chi connectivity index (χ3v) is 10.4. The number of rotatable bonds is 11. The number of nitrogens with zero attached hydrogens (tertiary/aromatic N) is 8. The first-order valence-electron chi connectivity index (χ1n) is 13.0. The van der Waals surface area contributed by atoms with Crippen molar-refractivity contribution in [2.75, 3.05) is 31.8 Å². The van der Waals surface area contributed by atoms with E-state index in [1.165, 1.54) is 28.1 Å². The van der Waals surface area contributed by atoms with Crippen LogP contribution < -0.4 is 11.5 Å². The first-order valence-corrected chi connectivity index (χ1v) is 18.4. The lowest BCUT2D eigenvalue weighted by atomic mass is 10.1. The molecule has 24 heteroatoms. The molecule has 18 nitrogen and oxygen atoms in total. The summed E-state index contributed by atoms with van der Waals surface area (Å²) in [5.74, 6) is 0.168. The summed E-state index contributed by atoms with van der Waals surface area (Å²) >= 11 is 7.80. The zero-order valence-electron chi connectivity index (χ0n) is 23.0. The smallest absolute Gasteiger partial charge is 0.382 e. The van der Waals surface area contributed by atoms with Crippen molar-refractivity contribution in [1.29, 1.82) is 0 Å². The Kier molecular flexibility index (Phi) is 9.07. The van der Waals surface area contributed by atoms with E-state index in [4.69, 9.17) is 39.0 Å². The first-order chi connectivity index (χ1) is 21.4. The Morgan fingerprint density at radius 2 is 1.47 bits per heavy atom. The highest BCUT2D eigenvalue weighted by Crippen LogP contribution is 2.58. The van der Waals surface area contributed by atoms with E-state index < -0.39 is 69.9 Å². The number of aromatic nitrogens is 8. The molecule has 244 valence electrons. The summed E-state index contributed by atoms with van der Waals surface area (Å²) in [6.07, 6.45) is -5.24. The summed E-state index contributed by atoms with van der Waals surface area (Å²) in [7, 11) is 1.10. The van der Waals surface area contributed by atoms with Crippen LogP contribution in [0.25, 0.3) is 22.3 Å². The van der Waals surface area contributed by atoms with Crippen molar-refractivity contribution in [1.82, 2.24) is 39.0 Å². The van der Waals surface area contributed by atoms with Crippen molar-refractivity contribution in [3.63, 3.8) is 0 Å². The summed E-state index contributed by atoms with van der Waals surface area (Å²) in [6.45, 7) is -9.21. The molecule has 6 heterocycles. The van der Waals surface area contributed by atoms with Gasteiger partial charge in [-0.1, -0.05) is 24.5 Å². The highest BCUT2D eigenvalue weighted by Gasteiger charge is 2.51. The Morgan fingerprint density at radius 3 is 2.07 bits per heavy atom. The van der Waals surface area contributed by atoms with E-state index in [9.17, 15) is 9.13 Å². The molecule has 0 saturated carbocycles. The van der Waals surface area contributed by atoms with Crippen LogP contribution in [0.3, 0.4) is 0 Å². The molecule has 0 bridgehead atoms. The minimum Gasteiger partial charge on any atom is -0.382 e.